The minimum absolute atomic E-state index is 0.0686. The number of thioether (sulfide) groups is 1. The summed E-state index contributed by atoms with van der Waals surface area (Å²) in [6.45, 7) is 6.94. The molecule has 0 saturated heterocycles. The Morgan fingerprint density at radius 2 is 2.00 bits per heavy atom. The molecular formula is C15H26N4OS. The first-order chi connectivity index (χ1) is 10.2. The summed E-state index contributed by atoms with van der Waals surface area (Å²) < 4.78 is 5.63. The van der Waals surface area contributed by atoms with Crippen molar-refractivity contribution >= 4 is 17.7 Å². The summed E-state index contributed by atoms with van der Waals surface area (Å²) in [5.41, 5.74) is 0. The topological polar surface area (TPSA) is 59.9 Å². The molecule has 0 bridgehead atoms. The highest BCUT2D eigenvalue weighted by Gasteiger charge is 2.17. The molecule has 1 aromatic rings. The molecule has 1 fully saturated rings. The fraction of sp³-hybridized carbons (Fsp3) is 0.800. The molecule has 0 aromatic carbocycles. The highest BCUT2D eigenvalue weighted by Crippen LogP contribution is 2.30. The number of ether oxygens (including phenoxy) is 1. The van der Waals surface area contributed by atoms with Crippen LogP contribution in [0.5, 0.6) is 6.01 Å². The Labute approximate surface area is 131 Å². The highest BCUT2D eigenvalue weighted by atomic mass is 32.2. The number of aromatic nitrogens is 3. The van der Waals surface area contributed by atoms with Crippen LogP contribution >= 0.6 is 11.8 Å². The molecule has 1 aliphatic rings. The van der Waals surface area contributed by atoms with Gasteiger partial charge in [-0.3, -0.25) is 0 Å². The Morgan fingerprint density at radius 1 is 1.24 bits per heavy atom. The fourth-order valence-corrected chi connectivity index (χ4v) is 3.36. The molecule has 1 N–H and O–H groups in total. The second-order valence-electron chi connectivity index (χ2n) is 5.78. The minimum Gasteiger partial charge on any atom is -0.461 e. The fourth-order valence-electron chi connectivity index (χ4n) is 2.35. The second-order valence-corrected chi connectivity index (χ2v) is 6.77. The summed E-state index contributed by atoms with van der Waals surface area (Å²) in [6.07, 6.45) is 6.53. The predicted molar refractivity (Wildman–Crippen MR) is 87.1 cm³/mol. The summed E-state index contributed by atoms with van der Waals surface area (Å²) in [5.74, 6) is 2.53. The van der Waals surface area contributed by atoms with Crippen LogP contribution in [-0.4, -0.2) is 33.4 Å². The third-order valence-corrected chi connectivity index (χ3v) is 4.47. The third kappa shape index (κ3) is 5.69. The average Bonchev–Trinajstić information content (AvgIpc) is 2.95. The average molecular weight is 310 g/mol. The summed E-state index contributed by atoms with van der Waals surface area (Å²) in [4.78, 5) is 13.2. The van der Waals surface area contributed by atoms with Crippen molar-refractivity contribution in [2.75, 3.05) is 17.6 Å². The number of hydrogen-bond acceptors (Lipinski definition) is 6. The number of anilines is 1. The molecular weight excluding hydrogens is 284 g/mol. The maximum absolute atomic E-state index is 5.63. The molecule has 0 spiro atoms. The SMILES string of the molecule is CCCNc1nc(OC(C)C)nc(SCC2CCCC2)n1. The van der Waals surface area contributed by atoms with Crippen molar-refractivity contribution in [1.82, 2.24) is 15.0 Å². The van der Waals surface area contributed by atoms with E-state index in [0.717, 1.165) is 29.8 Å². The minimum atomic E-state index is 0.0686. The first-order valence-electron chi connectivity index (χ1n) is 7.96. The van der Waals surface area contributed by atoms with E-state index in [9.17, 15) is 0 Å². The van der Waals surface area contributed by atoms with Crippen LogP contribution < -0.4 is 10.1 Å². The van der Waals surface area contributed by atoms with Crippen molar-refractivity contribution in [2.24, 2.45) is 5.92 Å². The van der Waals surface area contributed by atoms with Crippen LogP contribution in [0.3, 0.4) is 0 Å². The zero-order valence-corrected chi connectivity index (χ0v) is 14.1. The van der Waals surface area contributed by atoms with Gasteiger partial charge >= 0.3 is 6.01 Å². The predicted octanol–water partition coefficient (Wildman–Crippen LogP) is 3.76. The van der Waals surface area contributed by atoms with E-state index in [1.165, 1.54) is 25.7 Å². The molecule has 0 unspecified atom stereocenters. The maximum atomic E-state index is 5.63. The van der Waals surface area contributed by atoms with Gasteiger partial charge in [0.05, 0.1) is 6.10 Å². The van der Waals surface area contributed by atoms with Crippen molar-refractivity contribution in [3.05, 3.63) is 0 Å². The lowest BCUT2D eigenvalue weighted by atomic mass is 10.1. The van der Waals surface area contributed by atoms with E-state index in [-0.39, 0.29) is 6.10 Å². The maximum Gasteiger partial charge on any atom is 0.322 e. The van der Waals surface area contributed by atoms with E-state index in [0.29, 0.717) is 12.0 Å². The molecule has 118 valence electrons. The van der Waals surface area contributed by atoms with Crippen LogP contribution in [-0.2, 0) is 0 Å². The van der Waals surface area contributed by atoms with Crippen LogP contribution in [0.2, 0.25) is 0 Å². The van der Waals surface area contributed by atoms with Crippen molar-refractivity contribution in [3.8, 4) is 6.01 Å². The van der Waals surface area contributed by atoms with Gasteiger partial charge in [-0.05, 0) is 39.0 Å². The quantitative estimate of drug-likeness (QED) is 0.738. The van der Waals surface area contributed by atoms with E-state index in [4.69, 9.17) is 4.74 Å². The molecule has 1 heterocycles. The summed E-state index contributed by atoms with van der Waals surface area (Å²) in [7, 11) is 0. The van der Waals surface area contributed by atoms with Gasteiger partial charge in [-0.1, -0.05) is 31.5 Å². The van der Waals surface area contributed by atoms with Gasteiger partial charge in [-0.25, -0.2) is 0 Å². The van der Waals surface area contributed by atoms with Gasteiger partial charge in [0, 0.05) is 12.3 Å². The van der Waals surface area contributed by atoms with E-state index >= 15 is 0 Å². The lowest BCUT2D eigenvalue weighted by Crippen LogP contribution is -2.12. The van der Waals surface area contributed by atoms with E-state index in [1.54, 1.807) is 11.8 Å². The van der Waals surface area contributed by atoms with Crippen LogP contribution in [0.1, 0.15) is 52.9 Å². The normalized spacial score (nSPS) is 15.6. The Bertz CT molecular complexity index is 436. The molecule has 0 radical (unpaired) electrons. The third-order valence-electron chi connectivity index (χ3n) is 3.39. The van der Waals surface area contributed by atoms with Gasteiger partial charge in [-0.2, -0.15) is 15.0 Å². The van der Waals surface area contributed by atoms with Crippen LogP contribution in [0.25, 0.3) is 0 Å². The second kappa shape index (κ2) is 8.41. The van der Waals surface area contributed by atoms with Gasteiger partial charge in [0.2, 0.25) is 5.95 Å². The largest absolute Gasteiger partial charge is 0.461 e. The Balaban J connectivity index is 2.01. The molecule has 2 rings (SSSR count). The molecule has 1 saturated carbocycles. The first kappa shape index (κ1) is 16.3. The highest BCUT2D eigenvalue weighted by molar-refractivity contribution is 7.99. The van der Waals surface area contributed by atoms with Crippen molar-refractivity contribution < 1.29 is 4.74 Å². The monoisotopic (exact) mass is 310 g/mol. The van der Waals surface area contributed by atoms with Gasteiger partial charge in [0.25, 0.3) is 0 Å². The zero-order valence-electron chi connectivity index (χ0n) is 13.3. The summed E-state index contributed by atoms with van der Waals surface area (Å²) in [6, 6.07) is 0.424. The molecule has 0 amide bonds. The lowest BCUT2D eigenvalue weighted by Gasteiger charge is -2.12. The number of hydrogen-bond donors (Lipinski definition) is 1. The van der Waals surface area contributed by atoms with Crippen LogP contribution in [0.15, 0.2) is 5.16 Å². The standard InChI is InChI=1S/C15H26N4OS/c1-4-9-16-13-17-14(20-11(2)3)19-15(18-13)21-10-12-7-5-6-8-12/h11-12H,4-10H2,1-3H3,(H,16,17,18,19). The number of nitrogens with zero attached hydrogens (tertiary/aromatic N) is 3. The number of rotatable bonds is 8. The van der Waals surface area contributed by atoms with Gasteiger partial charge in [0.1, 0.15) is 0 Å². The molecule has 0 aliphatic heterocycles. The Morgan fingerprint density at radius 3 is 2.67 bits per heavy atom. The number of nitrogens with one attached hydrogen (secondary N) is 1. The summed E-state index contributed by atoms with van der Waals surface area (Å²) in [5, 5.41) is 3.99. The van der Waals surface area contributed by atoms with Crippen LogP contribution in [0, 0.1) is 5.92 Å². The molecule has 5 nitrogen and oxygen atoms in total. The van der Waals surface area contributed by atoms with E-state index in [1.807, 2.05) is 13.8 Å². The van der Waals surface area contributed by atoms with Crippen molar-refractivity contribution in [3.63, 3.8) is 0 Å². The smallest absolute Gasteiger partial charge is 0.322 e. The Kier molecular flexibility index (Phi) is 6.54. The van der Waals surface area contributed by atoms with Crippen molar-refractivity contribution in [2.45, 2.75) is 64.1 Å². The Hall–Kier alpha value is -1.04. The molecule has 1 aromatic heterocycles. The molecule has 0 atom stereocenters. The summed E-state index contributed by atoms with van der Waals surface area (Å²) >= 11 is 1.72. The van der Waals surface area contributed by atoms with Crippen molar-refractivity contribution in [1.29, 1.82) is 0 Å². The lowest BCUT2D eigenvalue weighted by molar-refractivity contribution is 0.219. The first-order valence-corrected chi connectivity index (χ1v) is 8.95. The van der Waals surface area contributed by atoms with Gasteiger partial charge < -0.3 is 10.1 Å². The van der Waals surface area contributed by atoms with Gasteiger partial charge in [-0.15, -0.1) is 0 Å². The van der Waals surface area contributed by atoms with E-state index in [2.05, 4.69) is 27.2 Å². The molecule has 21 heavy (non-hydrogen) atoms. The molecule has 1 aliphatic carbocycles. The van der Waals surface area contributed by atoms with Crippen LogP contribution in [0.4, 0.5) is 5.95 Å². The zero-order chi connectivity index (χ0) is 15.1. The van der Waals surface area contributed by atoms with E-state index < -0.39 is 0 Å². The molecule has 6 heteroatoms. The van der Waals surface area contributed by atoms with Gasteiger partial charge in [0.15, 0.2) is 5.16 Å².